The van der Waals surface area contributed by atoms with Crippen molar-refractivity contribution in [2.24, 2.45) is 0 Å². The molecular weight excluding hydrogens is 322 g/mol. The Kier molecular flexibility index (Phi) is 5.51. The van der Waals surface area contributed by atoms with Crippen LogP contribution in [0.4, 0.5) is 5.69 Å². The summed E-state index contributed by atoms with van der Waals surface area (Å²) in [5, 5.41) is 5.38. The normalized spacial score (nSPS) is 20.3. The summed E-state index contributed by atoms with van der Waals surface area (Å²) in [4.78, 5) is 17.5. The molecule has 2 aromatic carbocycles. The number of hydrogen-bond acceptors (Lipinski definition) is 3. The average Bonchev–Trinajstić information content (AvgIpc) is 2.69. The lowest BCUT2D eigenvalue weighted by molar-refractivity contribution is -0.117. The van der Waals surface area contributed by atoms with Crippen LogP contribution in [-0.4, -0.2) is 54.5 Å². The Bertz CT molecular complexity index is 741. The average molecular weight is 351 g/mol. The molecule has 0 bridgehead atoms. The van der Waals surface area contributed by atoms with E-state index < -0.39 is 0 Å². The number of nitrogens with zero attached hydrogens (tertiary/aromatic N) is 2. The maximum absolute atomic E-state index is 12.5. The molecule has 4 rings (SSSR count). The van der Waals surface area contributed by atoms with Crippen molar-refractivity contribution in [2.45, 2.75) is 38.1 Å². The van der Waals surface area contributed by atoms with Gasteiger partial charge in [0.1, 0.15) is 0 Å². The second kappa shape index (κ2) is 8.19. The third kappa shape index (κ3) is 4.08. The lowest BCUT2D eigenvalue weighted by Gasteiger charge is -2.40. The number of amides is 1. The molecule has 0 spiro atoms. The summed E-state index contributed by atoms with van der Waals surface area (Å²) in [5.41, 5.74) is 0.913. The molecule has 2 heterocycles. The van der Waals surface area contributed by atoms with Gasteiger partial charge in [-0.2, -0.15) is 0 Å². The highest BCUT2D eigenvalue weighted by molar-refractivity contribution is 6.02. The number of rotatable bonds is 4. The van der Waals surface area contributed by atoms with E-state index in [9.17, 15) is 4.79 Å². The van der Waals surface area contributed by atoms with Crippen molar-refractivity contribution in [2.75, 3.05) is 38.0 Å². The van der Waals surface area contributed by atoms with Crippen molar-refractivity contribution in [1.82, 2.24) is 9.80 Å². The smallest absolute Gasteiger partial charge is 0.238 e. The lowest BCUT2D eigenvalue weighted by Crippen LogP contribution is -2.48. The summed E-state index contributed by atoms with van der Waals surface area (Å²) in [6.45, 7) is 5.10. The first-order chi connectivity index (χ1) is 12.8. The van der Waals surface area contributed by atoms with Crippen LogP contribution in [0.2, 0.25) is 0 Å². The Balaban J connectivity index is 1.30. The van der Waals surface area contributed by atoms with E-state index >= 15 is 0 Å². The van der Waals surface area contributed by atoms with Gasteiger partial charge >= 0.3 is 0 Å². The Hall–Kier alpha value is -1.91. The molecule has 4 heteroatoms. The van der Waals surface area contributed by atoms with E-state index in [0.29, 0.717) is 6.54 Å². The summed E-state index contributed by atoms with van der Waals surface area (Å²) in [6.07, 6.45) is 6.49. The van der Waals surface area contributed by atoms with Gasteiger partial charge < -0.3 is 10.2 Å². The zero-order chi connectivity index (χ0) is 17.8. The molecule has 1 N–H and O–H groups in total. The number of anilines is 1. The van der Waals surface area contributed by atoms with Gasteiger partial charge in [0.2, 0.25) is 5.91 Å². The van der Waals surface area contributed by atoms with Gasteiger partial charge in [-0.3, -0.25) is 9.69 Å². The topological polar surface area (TPSA) is 35.6 Å². The molecule has 0 saturated carbocycles. The number of likely N-dealkylation sites (tertiary alicyclic amines) is 2. The monoisotopic (exact) mass is 351 g/mol. The Morgan fingerprint density at radius 1 is 0.923 bits per heavy atom. The summed E-state index contributed by atoms with van der Waals surface area (Å²) in [5.74, 6) is 0.0952. The van der Waals surface area contributed by atoms with E-state index in [0.717, 1.165) is 35.6 Å². The van der Waals surface area contributed by atoms with E-state index in [2.05, 4.69) is 33.3 Å². The summed E-state index contributed by atoms with van der Waals surface area (Å²) in [6, 6.07) is 15.0. The minimum atomic E-state index is 0.0952. The highest BCUT2D eigenvalue weighted by Crippen LogP contribution is 2.24. The van der Waals surface area contributed by atoms with Crippen molar-refractivity contribution < 1.29 is 4.79 Å². The van der Waals surface area contributed by atoms with Gasteiger partial charge in [0.25, 0.3) is 0 Å². The molecule has 0 aromatic heterocycles. The van der Waals surface area contributed by atoms with Crippen molar-refractivity contribution in [1.29, 1.82) is 0 Å². The summed E-state index contributed by atoms with van der Waals surface area (Å²) < 4.78 is 0. The van der Waals surface area contributed by atoms with Crippen LogP contribution in [-0.2, 0) is 4.79 Å². The molecule has 1 amide bonds. The molecule has 2 aliphatic heterocycles. The second-order valence-electron chi connectivity index (χ2n) is 7.68. The van der Waals surface area contributed by atoms with Crippen molar-refractivity contribution in [3.8, 4) is 0 Å². The van der Waals surface area contributed by atoms with Crippen LogP contribution in [0.15, 0.2) is 42.5 Å². The van der Waals surface area contributed by atoms with Gasteiger partial charge in [0, 0.05) is 30.2 Å². The van der Waals surface area contributed by atoms with Crippen LogP contribution in [0, 0.1) is 0 Å². The van der Waals surface area contributed by atoms with Gasteiger partial charge in [-0.25, -0.2) is 0 Å². The number of hydrogen-bond donors (Lipinski definition) is 1. The Morgan fingerprint density at radius 3 is 2.46 bits per heavy atom. The van der Waals surface area contributed by atoms with E-state index in [-0.39, 0.29) is 5.91 Å². The minimum absolute atomic E-state index is 0.0952. The van der Waals surface area contributed by atoms with Crippen molar-refractivity contribution in [3.05, 3.63) is 42.5 Å². The Labute approximate surface area is 156 Å². The summed E-state index contributed by atoms with van der Waals surface area (Å²) >= 11 is 0. The van der Waals surface area contributed by atoms with E-state index in [1.165, 1.54) is 45.2 Å². The molecule has 0 radical (unpaired) electrons. The summed E-state index contributed by atoms with van der Waals surface area (Å²) in [7, 11) is 0. The van der Waals surface area contributed by atoms with Gasteiger partial charge in [0.05, 0.1) is 6.54 Å². The first-order valence-electron chi connectivity index (χ1n) is 10.0. The predicted octanol–water partition coefficient (Wildman–Crippen LogP) is 3.73. The third-order valence-electron chi connectivity index (χ3n) is 5.90. The van der Waals surface area contributed by atoms with Crippen LogP contribution < -0.4 is 5.32 Å². The lowest BCUT2D eigenvalue weighted by atomic mass is 10.00. The minimum Gasteiger partial charge on any atom is -0.324 e. The number of carbonyl (C=O) groups excluding carboxylic acids is 1. The molecule has 2 fully saturated rings. The van der Waals surface area contributed by atoms with E-state index in [4.69, 9.17) is 0 Å². The van der Waals surface area contributed by atoms with Gasteiger partial charge in [-0.1, -0.05) is 42.8 Å². The SMILES string of the molecule is O=C(CN1CCC(N2CCCCC2)CC1)Nc1cccc2ccccc12. The molecule has 0 atom stereocenters. The van der Waals surface area contributed by atoms with Crippen LogP contribution in [0.25, 0.3) is 10.8 Å². The molecule has 0 aliphatic carbocycles. The highest BCUT2D eigenvalue weighted by Gasteiger charge is 2.26. The van der Waals surface area contributed by atoms with Crippen LogP contribution >= 0.6 is 0 Å². The molecule has 138 valence electrons. The number of nitrogens with one attached hydrogen (secondary N) is 1. The molecule has 4 nitrogen and oxygen atoms in total. The quantitative estimate of drug-likeness (QED) is 0.912. The molecule has 2 aromatic rings. The molecule has 0 unspecified atom stereocenters. The standard InChI is InChI=1S/C22H29N3O/c26-22(23-21-10-6-8-18-7-2-3-9-20(18)21)17-24-15-11-19(12-16-24)25-13-4-1-5-14-25/h2-3,6-10,19H,1,4-5,11-17H2,(H,23,26). The molecule has 2 saturated heterocycles. The maximum Gasteiger partial charge on any atom is 0.238 e. The number of piperidine rings is 2. The largest absolute Gasteiger partial charge is 0.324 e. The van der Waals surface area contributed by atoms with Crippen LogP contribution in [0.5, 0.6) is 0 Å². The van der Waals surface area contributed by atoms with Crippen molar-refractivity contribution >= 4 is 22.4 Å². The van der Waals surface area contributed by atoms with Gasteiger partial charge in [-0.05, 0) is 50.2 Å². The fraction of sp³-hybridized carbons (Fsp3) is 0.500. The third-order valence-corrected chi connectivity index (χ3v) is 5.90. The molecular formula is C22H29N3O. The molecule has 26 heavy (non-hydrogen) atoms. The van der Waals surface area contributed by atoms with E-state index in [1.54, 1.807) is 0 Å². The Morgan fingerprint density at radius 2 is 1.65 bits per heavy atom. The first-order valence-corrected chi connectivity index (χ1v) is 10.0. The number of fused-ring (bicyclic) bond motifs is 1. The van der Waals surface area contributed by atoms with Gasteiger partial charge in [0.15, 0.2) is 0 Å². The fourth-order valence-corrected chi connectivity index (χ4v) is 4.45. The second-order valence-corrected chi connectivity index (χ2v) is 7.68. The zero-order valence-corrected chi connectivity index (χ0v) is 15.5. The maximum atomic E-state index is 12.5. The number of benzene rings is 2. The first kappa shape index (κ1) is 17.5. The number of carbonyl (C=O) groups is 1. The van der Waals surface area contributed by atoms with Crippen LogP contribution in [0.1, 0.15) is 32.1 Å². The zero-order valence-electron chi connectivity index (χ0n) is 15.5. The van der Waals surface area contributed by atoms with E-state index in [1.807, 2.05) is 24.3 Å². The van der Waals surface area contributed by atoms with Crippen LogP contribution in [0.3, 0.4) is 0 Å². The predicted molar refractivity (Wildman–Crippen MR) is 107 cm³/mol. The highest BCUT2D eigenvalue weighted by atomic mass is 16.2. The van der Waals surface area contributed by atoms with Gasteiger partial charge in [-0.15, -0.1) is 0 Å². The van der Waals surface area contributed by atoms with Crippen molar-refractivity contribution in [3.63, 3.8) is 0 Å². The fourth-order valence-electron chi connectivity index (χ4n) is 4.45. The molecule has 2 aliphatic rings.